The SMILES string of the molecule is CNC(=O)C1NC(=O)N(C)C1=O. The Balaban J connectivity index is 2.78. The number of carbonyl (C=O) groups excluding carboxylic acids is 3. The minimum atomic E-state index is -1.06. The van der Waals surface area contributed by atoms with Crippen LogP contribution in [0.5, 0.6) is 0 Å². The summed E-state index contributed by atoms with van der Waals surface area (Å²) < 4.78 is 0. The molecule has 1 aliphatic heterocycles. The molecule has 1 atom stereocenters. The smallest absolute Gasteiger partial charge is 0.324 e. The Morgan fingerprint density at radius 3 is 2.50 bits per heavy atom. The van der Waals surface area contributed by atoms with Crippen LogP contribution in [-0.2, 0) is 9.59 Å². The number of imide groups is 1. The number of nitrogens with zero attached hydrogens (tertiary/aromatic N) is 1. The maximum atomic E-state index is 11.1. The van der Waals surface area contributed by atoms with Crippen LogP contribution in [0.2, 0.25) is 0 Å². The number of rotatable bonds is 1. The standard InChI is InChI=1S/C6H9N3O3/c1-7-4(10)3-5(11)9(2)6(12)8-3/h3H,1-2H3,(H,7,10)(H,8,12). The predicted octanol–water partition coefficient (Wildman–Crippen LogP) is -1.72. The highest BCUT2D eigenvalue weighted by molar-refractivity contribution is 6.15. The summed E-state index contributed by atoms with van der Waals surface area (Å²) in [5.74, 6) is -1.03. The molecule has 12 heavy (non-hydrogen) atoms. The third kappa shape index (κ3) is 1.11. The molecule has 1 rings (SSSR count). The van der Waals surface area contributed by atoms with E-state index in [1.165, 1.54) is 14.1 Å². The van der Waals surface area contributed by atoms with Gasteiger partial charge >= 0.3 is 6.03 Å². The summed E-state index contributed by atoms with van der Waals surface area (Å²) in [6.45, 7) is 0. The zero-order valence-electron chi connectivity index (χ0n) is 6.75. The maximum Gasteiger partial charge on any atom is 0.324 e. The Labute approximate surface area is 68.9 Å². The lowest BCUT2D eigenvalue weighted by atomic mass is 10.3. The summed E-state index contributed by atoms with van der Waals surface area (Å²) in [5.41, 5.74) is 0. The van der Waals surface area contributed by atoms with Crippen molar-refractivity contribution in [3.05, 3.63) is 0 Å². The van der Waals surface area contributed by atoms with Crippen molar-refractivity contribution < 1.29 is 14.4 Å². The second-order valence-electron chi connectivity index (χ2n) is 2.39. The van der Waals surface area contributed by atoms with Gasteiger partial charge in [0.1, 0.15) is 0 Å². The first-order valence-electron chi connectivity index (χ1n) is 3.37. The Morgan fingerprint density at radius 2 is 2.17 bits per heavy atom. The summed E-state index contributed by atoms with van der Waals surface area (Å²) >= 11 is 0. The molecule has 6 nitrogen and oxygen atoms in total. The number of carbonyl (C=O) groups is 3. The molecule has 0 aromatic carbocycles. The van der Waals surface area contributed by atoms with Gasteiger partial charge in [0.2, 0.25) is 0 Å². The van der Waals surface area contributed by atoms with Crippen molar-refractivity contribution >= 4 is 17.8 Å². The highest BCUT2D eigenvalue weighted by Crippen LogP contribution is 2.02. The zero-order chi connectivity index (χ0) is 9.30. The molecule has 0 radical (unpaired) electrons. The fourth-order valence-electron chi connectivity index (χ4n) is 0.898. The lowest BCUT2D eigenvalue weighted by Crippen LogP contribution is -2.43. The van der Waals surface area contributed by atoms with Crippen LogP contribution < -0.4 is 10.6 Å². The quantitative estimate of drug-likeness (QED) is 0.364. The van der Waals surface area contributed by atoms with Gasteiger partial charge in [-0.05, 0) is 0 Å². The third-order valence-corrected chi connectivity index (χ3v) is 1.66. The topological polar surface area (TPSA) is 78.5 Å². The van der Waals surface area contributed by atoms with Crippen LogP contribution in [0.1, 0.15) is 0 Å². The van der Waals surface area contributed by atoms with Gasteiger partial charge in [0.25, 0.3) is 11.8 Å². The summed E-state index contributed by atoms with van der Waals surface area (Å²) in [6.07, 6.45) is 0. The van der Waals surface area contributed by atoms with Crippen molar-refractivity contribution in [2.75, 3.05) is 14.1 Å². The summed E-state index contributed by atoms with van der Waals surface area (Å²) in [7, 11) is 2.72. The van der Waals surface area contributed by atoms with E-state index in [0.717, 1.165) is 4.90 Å². The molecule has 1 unspecified atom stereocenters. The fraction of sp³-hybridized carbons (Fsp3) is 0.500. The van der Waals surface area contributed by atoms with Gasteiger partial charge < -0.3 is 10.6 Å². The van der Waals surface area contributed by atoms with Crippen LogP contribution in [0, 0.1) is 0 Å². The number of nitrogens with one attached hydrogen (secondary N) is 2. The maximum absolute atomic E-state index is 11.1. The van der Waals surface area contributed by atoms with Crippen LogP contribution in [-0.4, -0.2) is 42.9 Å². The van der Waals surface area contributed by atoms with E-state index in [4.69, 9.17) is 0 Å². The van der Waals surface area contributed by atoms with Gasteiger partial charge in [0.05, 0.1) is 0 Å². The molecular formula is C6H9N3O3. The van der Waals surface area contributed by atoms with Crippen LogP contribution >= 0.6 is 0 Å². The number of urea groups is 1. The number of likely N-dealkylation sites (N-methyl/N-ethyl adjacent to an activating group) is 2. The van der Waals surface area contributed by atoms with Gasteiger partial charge in [0.15, 0.2) is 6.04 Å². The molecule has 6 heteroatoms. The molecule has 0 aromatic heterocycles. The molecular weight excluding hydrogens is 162 g/mol. The Kier molecular flexibility index (Phi) is 1.99. The van der Waals surface area contributed by atoms with Crippen molar-refractivity contribution in [1.29, 1.82) is 0 Å². The molecule has 1 saturated heterocycles. The van der Waals surface area contributed by atoms with Crippen LogP contribution in [0.4, 0.5) is 4.79 Å². The lowest BCUT2D eigenvalue weighted by molar-refractivity contribution is -0.133. The van der Waals surface area contributed by atoms with E-state index in [-0.39, 0.29) is 0 Å². The average molecular weight is 171 g/mol. The van der Waals surface area contributed by atoms with Crippen LogP contribution in [0.15, 0.2) is 0 Å². The van der Waals surface area contributed by atoms with E-state index < -0.39 is 23.9 Å². The van der Waals surface area contributed by atoms with Crippen molar-refractivity contribution in [3.63, 3.8) is 0 Å². The Morgan fingerprint density at radius 1 is 1.58 bits per heavy atom. The molecule has 0 spiro atoms. The largest absolute Gasteiger partial charge is 0.357 e. The number of amides is 4. The van der Waals surface area contributed by atoms with E-state index in [9.17, 15) is 14.4 Å². The second kappa shape index (κ2) is 2.80. The fourth-order valence-corrected chi connectivity index (χ4v) is 0.898. The second-order valence-corrected chi connectivity index (χ2v) is 2.39. The molecule has 0 bridgehead atoms. The van der Waals surface area contributed by atoms with Gasteiger partial charge in [-0.25, -0.2) is 4.79 Å². The van der Waals surface area contributed by atoms with Crippen molar-refractivity contribution in [2.45, 2.75) is 6.04 Å². The van der Waals surface area contributed by atoms with Gasteiger partial charge in [-0.3, -0.25) is 14.5 Å². The summed E-state index contributed by atoms with van der Waals surface area (Å²) in [4.78, 5) is 33.7. The number of hydrogen-bond acceptors (Lipinski definition) is 3. The Hall–Kier alpha value is -1.59. The van der Waals surface area contributed by atoms with Gasteiger partial charge in [-0.1, -0.05) is 0 Å². The minimum absolute atomic E-state index is 0.502. The number of hydrogen-bond donors (Lipinski definition) is 2. The first-order valence-corrected chi connectivity index (χ1v) is 3.37. The zero-order valence-corrected chi connectivity index (χ0v) is 6.75. The third-order valence-electron chi connectivity index (χ3n) is 1.66. The molecule has 0 aromatic rings. The van der Waals surface area contributed by atoms with E-state index in [1.807, 2.05) is 0 Å². The van der Waals surface area contributed by atoms with Crippen LogP contribution in [0.25, 0.3) is 0 Å². The summed E-state index contributed by atoms with van der Waals surface area (Å²) in [6, 6.07) is -1.61. The predicted molar refractivity (Wildman–Crippen MR) is 39.2 cm³/mol. The van der Waals surface area contributed by atoms with Gasteiger partial charge in [0, 0.05) is 14.1 Å². The minimum Gasteiger partial charge on any atom is -0.357 e. The molecule has 1 aliphatic rings. The van der Waals surface area contributed by atoms with Crippen molar-refractivity contribution in [2.24, 2.45) is 0 Å². The molecule has 1 fully saturated rings. The van der Waals surface area contributed by atoms with E-state index in [0.29, 0.717) is 0 Å². The van der Waals surface area contributed by atoms with Crippen LogP contribution in [0.3, 0.4) is 0 Å². The first-order chi connectivity index (χ1) is 5.57. The normalized spacial score (nSPS) is 22.5. The summed E-state index contributed by atoms with van der Waals surface area (Å²) in [5, 5.41) is 4.51. The van der Waals surface area contributed by atoms with E-state index >= 15 is 0 Å². The van der Waals surface area contributed by atoms with Gasteiger partial charge in [-0.15, -0.1) is 0 Å². The van der Waals surface area contributed by atoms with Gasteiger partial charge in [-0.2, -0.15) is 0 Å². The van der Waals surface area contributed by atoms with E-state index in [2.05, 4.69) is 10.6 Å². The molecule has 2 N–H and O–H groups in total. The van der Waals surface area contributed by atoms with Crippen molar-refractivity contribution in [1.82, 2.24) is 15.5 Å². The molecule has 66 valence electrons. The molecule has 1 heterocycles. The monoisotopic (exact) mass is 171 g/mol. The molecule has 0 aliphatic carbocycles. The average Bonchev–Trinajstić information content (AvgIpc) is 2.32. The highest BCUT2D eigenvalue weighted by Gasteiger charge is 2.39. The van der Waals surface area contributed by atoms with E-state index in [1.54, 1.807) is 0 Å². The molecule has 4 amide bonds. The molecule has 0 saturated carbocycles. The highest BCUT2D eigenvalue weighted by atomic mass is 16.2. The van der Waals surface area contributed by atoms with Crippen molar-refractivity contribution in [3.8, 4) is 0 Å². The lowest BCUT2D eigenvalue weighted by Gasteiger charge is -2.04. The first kappa shape index (κ1) is 8.51. The Bertz CT molecular complexity index is 250.